The fourth-order valence-electron chi connectivity index (χ4n) is 4.08. The monoisotopic (exact) mass is 239 g/mol. The lowest BCUT2D eigenvalue weighted by atomic mass is 9.71. The van der Waals surface area contributed by atoms with Crippen molar-refractivity contribution < 1.29 is 4.74 Å². The van der Waals surface area contributed by atoms with Crippen LogP contribution in [-0.4, -0.2) is 25.8 Å². The number of hydrogen-bond donors (Lipinski definition) is 1. The number of ether oxygens (including phenoxy) is 1. The molecule has 0 aliphatic heterocycles. The van der Waals surface area contributed by atoms with Gasteiger partial charge in [0, 0.05) is 13.2 Å². The molecule has 2 fully saturated rings. The summed E-state index contributed by atoms with van der Waals surface area (Å²) < 4.78 is 5.94. The van der Waals surface area contributed by atoms with Crippen molar-refractivity contribution in [2.75, 3.05) is 20.2 Å². The molecule has 0 radical (unpaired) electrons. The standard InChI is InChI=1S/C15H29NO/c1-14(2,3)17-8-7-15(11-16-4)10-12-5-6-13(15)9-12/h12-13,16H,5-11H2,1-4H3. The van der Waals surface area contributed by atoms with E-state index in [9.17, 15) is 0 Å². The van der Waals surface area contributed by atoms with Crippen LogP contribution in [0.2, 0.25) is 0 Å². The third kappa shape index (κ3) is 3.03. The van der Waals surface area contributed by atoms with Crippen molar-refractivity contribution in [3.05, 3.63) is 0 Å². The fourth-order valence-corrected chi connectivity index (χ4v) is 4.08. The first-order valence-electron chi connectivity index (χ1n) is 7.24. The Morgan fingerprint density at radius 2 is 2.06 bits per heavy atom. The quantitative estimate of drug-likeness (QED) is 0.795. The minimum absolute atomic E-state index is 0.0124. The van der Waals surface area contributed by atoms with Gasteiger partial charge < -0.3 is 10.1 Å². The average molecular weight is 239 g/mol. The summed E-state index contributed by atoms with van der Waals surface area (Å²) in [7, 11) is 2.10. The lowest BCUT2D eigenvalue weighted by Gasteiger charge is -2.38. The van der Waals surface area contributed by atoms with Crippen LogP contribution >= 0.6 is 0 Å². The van der Waals surface area contributed by atoms with Crippen molar-refractivity contribution in [3.63, 3.8) is 0 Å². The average Bonchev–Trinajstić information content (AvgIpc) is 2.76. The molecule has 2 aliphatic carbocycles. The molecule has 100 valence electrons. The molecule has 2 aliphatic rings. The Morgan fingerprint density at radius 3 is 2.53 bits per heavy atom. The van der Waals surface area contributed by atoms with Crippen LogP contribution in [-0.2, 0) is 4.74 Å². The molecule has 2 saturated carbocycles. The molecule has 17 heavy (non-hydrogen) atoms. The summed E-state index contributed by atoms with van der Waals surface area (Å²) in [5.74, 6) is 1.98. The zero-order valence-electron chi connectivity index (χ0n) is 12.0. The molecule has 0 amide bonds. The van der Waals surface area contributed by atoms with Crippen LogP contribution in [0.1, 0.15) is 52.9 Å². The Balaban J connectivity index is 1.89. The van der Waals surface area contributed by atoms with Crippen molar-refractivity contribution in [3.8, 4) is 0 Å². The van der Waals surface area contributed by atoms with Crippen LogP contribution in [0.15, 0.2) is 0 Å². The predicted molar refractivity (Wildman–Crippen MR) is 72.1 cm³/mol. The maximum atomic E-state index is 5.94. The third-order valence-electron chi connectivity index (χ3n) is 4.77. The minimum atomic E-state index is 0.0124. The maximum absolute atomic E-state index is 5.94. The highest BCUT2D eigenvalue weighted by molar-refractivity contribution is 5.01. The van der Waals surface area contributed by atoms with Gasteiger partial charge in [0.1, 0.15) is 0 Å². The molecule has 2 rings (SSSR count). The highest BCUT2D eigenvalue weighted by Crippen LogP contribution is 2.57. The second-order valence-electron chi connectivity index (χ2n) is 7.18. The molecule has 2 bridgehead atoms. The van der Waals surface area contributed by atoms with Gasteiger partial charge in [0.2, 0.25) is 0 Å². The van der Waals surface area contributed by atoms with Gasteiger partial charge in [0.15, 0.2) is 0 Å². The Hall–Kier alpha value is -0.0800. The second kappa shape index (κ2) is 4.89. The molecule has 3 unspecified atom stereocenters. The van der Waals surface area contributed by atoms with Crippen molar-refractivity contribution in [2.24, 2.45) is 17.3 Å². The highest BCUT2D eigenvalue weighted by Gasteiger charge is 2.49. The molecular weight excluding hydrogens is 210 g/mol. The van der Waals surface area contributed by atoms with Gasteiger partial charge in [-0.05, 0) is 70.8 Å². The van der Waals surface area contributed by atoms with E-state index in [2.05, 4.69) is 33.1 Å². The van der Waals surface area contributed by atoms with Crippen molar-refractivity contribution in [1.29, 1.82) is 0 Å². The third-order valence-corrected chi connectivity index (χ3v) is 4.77. The molecule has 1 N–H and O–H groups in total. The van der Waals surface area contributed by atoms with E-state index in [0.29, 0.717) is 5.41 Å². The van der Waals surface area contributed by atoms with Crippen molar-refractivity contribution in [1.82, 2.24) is 5.32 Å². The Bertz CT molecular complexity index is 258. The first-order chi connectivity index (χ1) is 7.95. The first-order valence-corrected chi connectivity index (χ1v) is 7.24. The van der Waals surface area contributed by atoms with E-state index in [-0.39, 0.29) is 5.60 Å². The lowest BCUT2D eigenvalue weighted by molar-refractivity contribution is -0.0264. The Morgan fingerprint density at radius 1 is 1.29 bits per heavy atom. The maximum Gasteiger partial charge on any atom is 0.0598 e. The summed E-state index contributed by atoms with van der Waals surface area (Å²) in [5.41, 5.74) is 0.557. The van der Waals surface area contributed by atoms with Gasteiger partial charge in [-0.2, -0.15) is 0 Å². The van der Waals surface area contributed by atoms with Crippen LogP contribution in [0.25, 0.3) is 0 Å². The largest absolute Gasteiger partial charge is 0.376 e. The van der Waals surface area contributed by atoms with Crippen molar-refractivity contribution >= 4 is 0 Å². The van der Waals surface area contributed by atoms with E-state index in [1.165, 1.54) is 38.6 Å². The Labute approximate surface area is 107 Å². The van der Waals surface area contributed by atoms with Gasteiger partial charge in [0.25, 0.3) is 0 Å². The van der Waals surface area contributed by atoms with Gasteiger partial charge in [-0.3, -0.25) is 0 Å². The van der Waals surface area contributed by atoms with E-state index in [4.69, 9.17) is 4.74 Å². The molecule has 3 atom stereocenters. The van der Waals surface area contributed by atoms with Crippen molar-refractivity contribution in [2.45, 2.75) is 58.5 Å². The molecule has 0 aromatic heterocycles. The smallest absolute Gasteiger partial charge is 0.0598 e. The number of hydrogen-bond acceptors (Lipinski definition) is 2. The van der Waals surface area contributed by atoms with Gasteiger partial charge in [-0.15, -0.1) is 0 Å². The molecule has 2 nitrogen and oxygen atoms in total. The van der Waals surface area contributed by atoms with Gasteiger partial charge in [-0.25, -0.2) is 0 Å². The normalized spacial score (nSPS) is 36.7. The van der Waals surface area contributed by atoms with Crippen LogP contribution in [0.5, 0.6) is 0 Å². The van der Waals surface area contributed by atoms with Gasteiger partial charge in [-0.1, -0.05) is 6.42 Å². The fraction of sp³-hybridized carbons (Fsp3) is 1.00. The minimum Gasteiger partial charge on any atom is -0.376 e. The molecule has 0 saturated heterocycles. The summed E-state index contributed by atoms with van der Waals surface area (Å²) in [6.45, 7) is 8.56. The van der Waals surface area contributed by atoms with E-state index in [0.717, 1.165) is 18.4 Å². The molecule has 0 aromatic carbocycles. The molecule has 0 heterocycles. The zero-order valence-corrected chi connectivity index (χ0v) is 12.0. The topological polar surface area (TPSA) is 21.3 Å². The SMILES string of the molecule is CNCC1(CCOC(C)(C)C)CC2CCC1C2. The van der Waals surface area contributed by atoms with Crippen LogP contribution in [0, 0.1) is 17.3 Å². The summed E-state index contributed by atoms with van der Waals surface area (Å²) in [4.78, 5) is 0. The van der Waals surface area contributed by atoms with Gasteiger partial charge in [0.05, 0.1) is 5.60 Å². The first kappa shape index (κ1) is 13.4. The second-order valence-corrected chi connectivity index (χ2v) is 7.18. The molecule has 0 aromatic rings. The molecular formula is C15H29NO. The number of rotatable bonds is 5. The predicted octanol–water partition coefficient (Wildman–Crippen LogP) is 3.22. The number of nitrogens with one attached hydrogen (secondary N) is 1. The molecule has 0 spiro atoms. The summed E-state index contributed by atoms with van der Waals surface area (Å²) in [6, 6.07) is 0. The van der Waals surface area contributed by atoms with Crippen LogP contribution < -0.4 is 5.32 Å². The summed E-state index contributed by atoms with van der Waals surface area (Å²) >= 11 is 0. The lowest BCUT2D eigenvalue weighted by Crippen LogP contribution is -2.39. The van der Waals surface area contributed by atoms with E-state index < -0.39 is 0 Å². The van der Waals surface area contributed by atoms with E-state index in [1.807, 2.05) is 0 Å². The van der Waals surface area contributed by atoms with E-state index >= 15 is 0 Å². The van der Waals surface area contributed by atoms with Crippen LogP contribution in [0.3, 0.4) is 0 Å². The summed E-state index contributed by atoms with van der Waals surface area (Å²) in [6.07, 6.45) is 7.10. The summed E-state index contributed by atoms with van der Waals surface area (Å²) in [5, 5.41) is 3.43. The Kier molecular flexibility index (Phi) is 3.84. The zero-order chi connectivity index (χ0) is 12.5. The van der Waals surface area contributed by atoms with Crippen LogP contribution in [0.4, 0.5) is 0 Å². The highest BCUT2D eigenvalue weighted by atomic mass is 16.5. The molecule has 2 heteroatoms. The number of fused-ring (bicyclic) bond motifs is 2. The van der Waals surface area contributed by atoms with E-state index in [1.54, 1.807) is 0 Å². The van der Waals surface area contributed by atoms with Gasteiger partial charge >= 0.3 is 0 Å².